The van der Waals surface area contributed by atoms with Crippen molar-refractivity contribution in [1.29, 1.82) is 0 Å². The van der Waals surface area contributed by atoms with Crippen LogP contribution in [-0.4, -0.2) is 56.7 Å². The number of likely N-dealkylation sites (N-methyl/N-ethyl adjacent to an activating group) is 1. The second kappa shape index (κ2) is 6.21. The molecule has 0 aromatic heterocycles. The summed E-state index contributed by atoms with van der Waals surface area (Å²) in [4.78, 5) is 6.89. The Morgan fingerprint density at radius 2 is 2.38 bits per heavy atom. The lowest BCUT2D eigenvalue weighted by atomic mass is 10.2. The molecule has 0 amide bonds. The van der Waals surface area contributed by atoms with E-state index in [1.807, 2.05) is 0 Å². The molecular weight excluding hydrogens is 202 g/mol. The third-order valence-corrected chi connectivity index (χ3v) is 3.25. The molecule has 4 heteroatoms. The van der Waals surface area contributed by atoms with E-state index in [1.165, 1.54) is 25.1 Å². The Kier molecular flexibility index (Phi) is 4.60. The van der Waals surface area contributed by atoms with Gasteiger partial charge in [-0.25, -0.2) is 0 Å². The van der Waals surface area contributed by atoms with Gasteiger partial charge in [-0.2, -0.15) is 0 Å². The minimum atomic E-state index is 0.324. The van der Waals surface area contributed by atoms with Gasteiger partial charge in [0.15, 0.2) is 0 Å². The topological polar surface area (TPSA) is 36.9 Å². The standard InChI is InChI=1S/C12H23N3O/c1-15-7-8-16-11(10-15)9-14-12-5-3-2-4-6-13-12/h11H,2-10H2,1H3,(H,13,14). The normalized spacial score (nSPS) is 28.3. The van der Waals surface area contributed by atoms with Crippen LogP contribution in [0.4, 0.5) is 0 Å². The van der Waals surface area contributed by atoms with Gasteiger partial charge in [0.1, 0.15) is 0 Å². The van der Waals surface area contributed by atoms with Crippen molar-refractivity contribution < 1.29 is 4.74 Å². The monoisotopic (exact) mass is 225 g/mol. The summed E-state index contributed by atoms with van der Waals surface area (Å²) in [6.45, 7) is 4.84. The molecule has 1 N–H and O–H groups in total. The van der Waals surface area contributed by atoms with Gasteiger partial charge in [-0.3, -0.25) is 4.99 Å². The van der Waals surface area contributed by atoms with Crippen molar-refractivity contribution in [2.75, 3.05) is 39.8 Å². The SMILES string of the molecule is CN1CCOC(CNC2=NCCCCC2)C1. The average molecular weight is 225 g/mol. The van der Waals surface area contributed by atoms with Gasteiger partial charge < -0.3 is 15.0 Å². The number of nitrogens with one attached hydrogen (secondary N) is 1. The molecule has 0 aliphatic carbocycles. The van der Waals surface area contributed by atoms with E-state index in [1.54, 1.807) is 0 Å². The highest BCUT2D eigenvalue weighted by Crippen LogP contribution is 2.07. The summed E-state index contributed by atoms with van der Waals surface area (Å²) in [5, 5.41) is 3.45. The minimum Gasteiger partial charge on any atom is -0.374 e. The average Bonchev–Trinajstić information content (AvgIpc) is 2.55. The van der Waals surface area contributed by atoms with E-state index in [0.29, 0.717) is 6.10 Å². The molecule has 1 unspecified atom stereocenters. The maximum absolute atomic E-state index is 5.71. The molecule has 0 aromatic rings. The molecule has 1 atom stereocenters. The van der Waals surface area contributed by atoms with Crippen LogP contribution in [0.2, 0.25) is 0 Å². The smallest absolute Gasteiger partial charge is 0.0963 e. The molecule has 2 aliphatic rings. The molecular formula is C12H23N3O. The Labute approximate surface area is 98.1 Å². The summed E-state index contributed by atoms with van der Waals surface area (Å²) >= 11 is 0. The number of hydrogen-bond acceptors (Lipinski definition) is 4. The highest BCUT2D eigenvalue weighted by atomic mass is 16.5. The molecule has 0 saturated carbocycles. The molecule has 92 valence electrons. The quantitative estimate of drug-likeness (QED) is 0.758. The largest absolute Gasteiger partial charge is 0.374 e. The number of nitrogens with zero attached hydrogens (tertiary/aromatic N) is 2. The summed E-state index contributed by atoms with van der Waals surface area (Å²) in [6.07, 6.45) is 5.27. The van der Waals surface area contributed by atoms with Gasteiger partial charge in [-0.1, -0.05) is 6.42 Å². The Morgan fingerprint density at radius 1 is 1.44 bits per heavy atom. The van der Waals surface area contributed by atoms with Crippen molar-refractivity contribution in [2.24, 2.45) is 4.99 Å². The first-order chi connectivity index (χ1) is 7.84. The molecule has 2 heterocycles. The van der Waals surface area contributed by atoms with Crippen LogP contribution in [0.3, 0.4) is 0 Å². The summed E-state index contributed by atoms with van der Waals surface area (Å²) in [6, 6.07) is 0. The first-order valence-electron chi connectivity index (χ1n) is 6.42. The molecule has 2 aliphatic heterocycles. The summed E-state index contributed by atoms with van der Waals surface area (Å²) < 4.78 is 5.71. The van der Waals surface area contributed by atoms with Crippen molar-refractivity contribution in [3.8, 4) is 0 Å². The van der Waals surface area contributed by atoms with Gasteiger partial charge in [-0.15, -0.1) is 0 Å². The molecule has 0 spiro atoms. The molecule has 0 radical (unpaired) electrons. The molecule has 16 heavy (non-hydrogen) atoms. The zero-order valence-electron chi connectivity index (χ0n) is 10.2. The predicted molar refractivity (Wildman–Crippen MR) is 66.0 cm³/mol. The number of aliphatic imine (C=N–C) groups is 1. The van der Waals surface area contributed by atoms with Gasteiger partial charge in [0.05, 0.1) is 18.5 Å². The first-order valence-corrected chi connectivity index (χ1v) is 6.42. The van der Waals surface area contributed by atoms with E-state index in [-0.39, 0.29) is 0 Å². The van der Waals surface area contributed by atoms with Gasteiger partial charge in [0.2, 0.25) is 0 Å². The number of hydrogen-bond donors (Lipinski definition) is 1. The maximum Gasteiger partial charge on any atom is 0.0963 e. The van der Waals surface area contributed by atoms with Crippen LogP contribution in [0.5, 0.6) is 0 Å². The Morgan fingerprint density at radius 3 is 3.25 bits per heavy atom. The zero-order chi connectivity index (χ0) is 11.2. The number of morpholine rings is 1. The van der Waals surface area contributed by atoms with E-state index in [2.05, 4.69) is 22.3 Å². The fraction of sp³-hybridized carbons (Fsp3) is 0.917. The van der Waals surface area contributed by atoms with Crippen LogP contribution in [0.1, 0.15) is 25.7 Å². The highest BCUT2D eigenvalue weighted by molar-refractivity contribution is 5.82. The lowest BCUT2D eigenvalue weighted by Gasteiger charge is -2.30. The highest BCUT2D eigenvalue weighted by Gasteiger charge is 2.17. The molecule has 1 saturated heterocycles. The van der Waals surface area contributed by atoms with Crippen LogP contribution in [-0.2, 0) is 4.74 Å². The van der Waals surface area contributed by atoms with E-state index in [4.69, 9.17) is 4.74 Å². The van der Waals surface area contributed by atoms with Gasteiger partial charge in [-0.05, 0) is 19.9 Å². The van der Waals surface area contributed by atoms with E-state index in [9.17, 15) is 0 Å². The molecule has 2 rings (SSSR count). The second-order valence-electron chi connectivity index (χ2n) is 4.78. The Hall–Kier alpha value is -0.610. The van der Waals surface area contributed by atoms with E-state index < -0.39 is 0 Å². The molecule has 0 aromatic carbocycles. The van der Waals surface area contributed by atoms with Crippen molar-refractivity contribution in [2.45, 2.75) is 31.8 Å². The number of ether oxygens (including phenoxy) is 1. The number of amidine groups is 1. The third-order valence-electron chi connectivity index (χ3n) is 3.25. The predicted octanol–water partition coefficient (Wildman–Crippen LogP) is 0.879. The lowest BCUT2D eigenvalue weighted by Crippen LogP contribution is -2.45. The molecule has 4 nitrogen and oxygen atoms in total. The van der Waals surface area contributed by atoms with Crippen LogP contribution in [0.15, 0.2) is 4.99 Å². The van der Waals surface area contributed by atoms with Crippen molar-refractivity contribution in [3.05, 3.63) is 0 Å². The van der Waals surface area contributed by atoms with Crippen LogP contribution >= 0.6 is 0 Å². The minimum absolute atomic E-state index is 0.324. The Balaban J connectivity index is 1.71. The van der Waals surface area contributed by atoms with E-state index >= 15 is 0 Å². The van der Waals surface area contributed by atoms with Crippen LogP contribution < -0.4 is 5.32 Å². The summed E-state index contributed by atoms with van der Waals surface area (Å²) in [5.74, 6) is 1.19. The van der Waals surface area contributed by atoms with Crippen molar-refractivity contribution in [1.82, 2.24) is 10.2 Å². The van der Waals surface area contributed by atoms with Crippen molar-refractivity contribution in [3.63, 3.8) is 0 Å². The van der Waals surface area contributed by atoms with Gasteiger partial charge in [0, 0.05) is 32.6 Å². The van der Waals surface area contributed by atoms with Gasteiger partial charge >= 0.3 is 0 Å². The van der Waals surface area contributed by atoms with Gasteiger partial charge in [0.25, 0.3) is 0 Å². The fourth-order valence-electron chi connectivity index (χ4n) is 2.24. The molecule has 1 fully saturated rings. The van der Waals surface area contributed by atoms with Crippen molar-refractivity contribution >= 4 is 5.84 Å². The molecule has 0 bridgehead atoms. The second-order valence-corrected chi connectivity index (χ2v) is 4.78. The summed E-state index contributed by atoms with van der Waals surface area (Å²) in [7, 11) is 2.15. The Bertz CT molecular complexity index is 242. The summed E-state index contributed by atoms with van der Waals surface area (Å²) in [5.41, 5.74) is 0. The zero-order valence-corrected chi connectivity index (χ0v) is 10.2. The maximum atomic E-state index is 5.71. The van der Waals surface area contributed by atoms with Crippen LogP contribution in [0.25, 0.3) is 0 Å². The van der Waals surface area contributed by atoms with E-state index in [0.717, 1.165) is 39.2 Å². The fourth-order valence-corrected chi connectivity index (χ4v) is 2.24. The number of rotatable bonds is 2. The van der Waals surface area contributed by atoms with Crippen LogP contribution in [0, 0.1) is 0 Å². The first kappa shape index (κ1) is 11.9. The lowest BCUT2D eigenvalue weighted by molar-refractivity contribution is -0.0160. The third kappa shape index (κ3) is 3.76.